The van der Waals surface area contributed by atoms with Crippen molar-refractivity contribution in [2.45, 2.75) is 19.9 Å². The number of hydrogen-bond donors (Lipinski definition) is 1. The molecule has 1 heterocycles. The molecule has 1 N–H and O–H groups in total. The van der Waals surface area contributed by atoms with E-state index in [1.165, 1.54) is 16.3 Å². The summed E-state index contributed by atoms with van der Waals surface area (Å²) >= 11 is 3.52. The second-order valence-corrected chi connectivity index (χ2v) is 6.11. The Labute approximate surface area is 133 Å². The first-order chi connectivity index (χ1) is 10.2. The van der Waals surface area contributed by atoms with Gasteiger partial charge in [0, 0.05) is 4.47 Å². The van der Waals surface area contributed by atoms with Crippen LogP contribution in [0.25, 0.3) is 10.8 Å². The van der Waals surface area contributed by atoms with Crippen LogP contribution in [0, 0.1) is 6.92 Å². The summed E-state index contributed by atoms with van der Waals surface area (Å²) in [7, 11) is 0. The molecule has 0 amide bonds. The van der Waals surface area contributed by atoms with Gasteiger partial charge in [0.25, 0.3) is 0 Å². The molecule has 21 heavy (non-hydrogen) atoms. The molecule has 0 fully saturated rings. The highest BCUT2D eigenvalue weighted by Crippen LogP contribution is 2.28. The summed E-state index contributed by atoms with van der Waals surface area (Å²) in [6.45, 7) is 4.98. The van der Waals surface area contributed by atoms with Crippen molar-refractivity contribution in [2.24, 2.45) is 0 Å². The maximum atomic E-state index is 5.81. The fourth-order valence-corrected chi connectivity index (χ4v) is 2.99. The molecule has 3 rings (SSSR count). The number of furan rings is 1. The molecule has 0 saturated heterocycles. The summed E-state index contributed by atoms with van der Waals surface area (Å²) in [5, 5.41) is 5.97. The second-order valence-electron chi connectivity index (χ2n) is 5.19. The van der Waals surface area contributed by atoms with Gasteiger partial charge < -0.3 is 9.73 Å². The van der Waals surface area contributed by atoms with Gasteiger partial charge in [-0.3, -0.25) is 0 Å². The van der Waals surface area contributed by atoms with E-state index in [9.17, 15) is 0 Å². The molecular formula is C18H18BrNO. The van der Waals surface area contributed by atoms with Crippen LogP contribution in [0.15, 0.2) is 57.4 Å². The van der Waals surface area contributed by atoms with Gasteiger partial charge >= 0.3 is 0 Å². The SMILES string of the molecule is CCNC(c1ccc2cc(Br)ccc2c1)c1ccc(C)o1. The van der Waals surface area contributed by atoms with Gasteiger partial charge in [-0.25, -0.2) is 0 Å². The van der Waals surface area contributed by atoms with Gasteiger partial charge in [0.1, 0.15) is 11.5 Å². The Morgan fingerprint density at radius 1 is 1.05 bits per heavy atom. The van der Waals surface area contributed by atoms with E-state index in [-0.39, 0.29) is 6.04 Å². The average molecular weight is 344 g/mol. The van der Waals surface area contributed by atoms with Gasteiger partial charge in [0.15, 0.2) is 0 Å². The lowest BCUT2D eigenvalue weighted by atomic mass is 10.0. The Bertz CT molecular complexity index is 763. The molecule has 0 aliphatic heterocycles. The van der Waals surface area contributed by atoms with Crippen molar-refractivity contribution in [3.8, 4) is 0 Å². The summed E-state index contributed by atoms with van der Waals surface area (Å²) in [5.41, 5.74) is 1.22. The quantitative estimate of drug-likeness (QED) is 0.703. The number of benzene rings is 2. The molecular weight excluding hydrogens is 326 g/mol. The summed E-state index contributed by atoms with van der Waals surface area (Å²) in [6, 6.07) is 17.1. The molecule has 2 nitrogen and oxygen atoms in total. The lowest BCUT2D eigenvalue weighted by Gasteiger charge is -2.17. The summed E-state index contributed by atoms with van der Waals surface area (Å²) in [4.78, 5) is 0. The monoisotopic (exact) mass is 343 g/mol. The minimum atomic E-state index is 0.0942. The first kappa shape index (κ1) is 14.4. The van der Waals surface area contributed by atoms with Crippen LogP contribution in [0.2, 0.25) is 0 Å². The molecule has 0 bridgehead atoms. The lowest BCUT2D eigenvalue weighted by Crippen LogP contribution is -2.21. The van der Waals surface area contributed by atoms with E-state index in [4.69, 9.17) is 4.42 Å². The lowest BCUT2D eigenvalue weighted by molar-refractivity contribution is 0.435. The Balaban J connectivity index is 2.04. The molecule has 1 aromatic heterocycles. The molecule has 108 valence electrons. The van der Waals surface area contributed by atoms with Crippen LogP contribution in [0.4, 0.5) is 0 Å². The molecule has 1 unspecified atom stereocenters. The van der Waals surface area contributed by atoms with Crippen molar-refractivity contribution in [1.29, 1.82) is 0 Å². The van der Waals surface area contributed by atoms with Crippen molar-refractivity contribution in [1.82, 2.24) is 5.32 Å². The maximum absolute atomic E-state index is 5.81. The van der Waals surface area contributed by atoms with Gasteiger partial charge in [-0.05, 0) is 60.1 Å². The number of fused-ring (bicyclic) bond motifs is 1. The zero-order valence-electron chi connectivity index (χ0n) is 12.2. The van der Waals surface area contributed by atoms with E-state index < -0.39 is 0 Å². The zero-order valence-corrected chi connectivity index (χ0v) is 13.8. The molecule has 0 spiro atoms. The normalized spacial score (nSPS) is 12.7. The maximum Gasteiger partial charge on any atom is 0.125 e. The minimum absolute atomic E-state index is 0.0942. The molecule has 2 aromatic carbocycles. The number of hydrogen-bond acceptors (Lipinski definition) is 2. The summed E-state index contributed by atoms with van der Waals surface area (Å²) in [5.74, 6) is 1.91. The standard InChI is InChI=1S/C18H18BrNO/c1-3-20-18(17-9-4-12(2)21-17)15-6-5-14-11-16(19)8-7-13(14)10-15/h4-11,18,20H,3H2,1-2H3. The highest BCUT2D eigenvalue weighted by Gasteiger charge is 2.16. The minimum Gasteiger partial charge on any atom is -0.464 e. The molecule has 0 aliphatic rings. The topological polar surface area (TPSA) is 25.2 Å². The second kappa shape index (κ2) is 6.04. The molecule has 0 aliphatic carbocycles. The van der Waals surface area contributed by atoms with Crippen LogP contribution in [-0.2, 0) is 0 Å². The Hall–Kier alpha value is -1.58. The smallest absolute Gasteiger partial charge is 0.125 e. The van der Waals surface area contributed by atoms with Crippen molar-refractivity contribution >= 4 is 26.7 Å². The summed E-state index contributed by atoms with van der Waals surface area (Å²) < 4.78 is 6.92. The van der Waals surface area contributed by atoms with Crippen molar-refractivity contribution in [2.75, 3.05) is 6.54 Å². The summed E-state index contributed by atoms with van der Waals surface area (Å²) in [6.07, 6.45) is 0. The van der Waals surface area contributed by atoms with Crippen LogP contribution in [-0.4, -0.2) is 6.54 Å². The predicted molar refractivity (Wildman–Crippen MR) is 90.6 cm³/mol. The van der Waals surface area contributed by atoms with Gasteiger partial charge in [0.2, 0.25) is 0 Å². The van der Waals surface area contributed by atoms with E-state index in [0.717, 1.165) is 22.5 Å². The molecule has 3 aromatic rings. The van der Waals surface area contributed by atoms with E-state index in [1.807, 2.05) is 13.0 Å². The third-order valence-corrected chi connectivity index (χ3v) is 4.11. The van der Waals surface area contributed by atoms with Gasteiger partial charge in [0.05, 0.1) is 6.04 Å². The van der Waals surface area contributed by atoms with E-state index in [0.29, 0.717) is 0 Å². The van der Waals surface area contributed by atoms with E-state index in [1.54, 1.807) is 0 Å². The average Bonchev–Trinajstić information content (AvgIpc) is 2.90. The third kappa shape index (κ3) is 3.04. The molecule has 0 saturated carbocycles. The first-order valence-electron chi connectivity index (χ1n) is 7.16. The number of aryl methyl sites for hydroxylation is 1. The van der Waals surface area contributed by atoms with Gasteiger partial charge in [-0.1, -0.05) is 41.1 Å². The van der Waals surface area contributed by atoms with Crippen LogP contribution in [0.1, 0.15) is 30.0 Å². The Morgan fingerprint density at radius 2 is 1.81 bits per heavy atom. The fourth-order valence-electron chi connectivity index (χ4n) is 2.61. The van der Waals surface area contributed by atoms with Crippen LogP contribution in [0.5, 0.6) is 0 Å². The fraction of sp³-hybridized carbons (Fsp3) is 0.222. The van der Waals surface area contributed by atoms with Gasteiger partial charge in [-0.2, -0.15) is 0 Å². The third-order valence-electron chi connectivity index (χ3n) is 3.61. The van der Waals surface area contributed by atoms with Crippen LogP contribution < -0.4 is 5.32 Å². The van der Waals surface area contributed by atoms with Crippen LogP contribution >= 0.6 is 15.9 Å². The highest BCUT2D eigenvalue weighted by molar-refractivity contribution is 9.10. The van der Waals surface area contributed by atoms with Crippen molar-refractivity contribution in [3.63, 3.8) is 0 Å². The number of rotatable bonds is 4. The highest BCUT2D eigenvalue weighted by atomic mass is 79.9. The zero-order chi connectivity index (χ0) is 14.8. The number of halogens is 1. The Kier molecular flexibility index (Phi) is 4.13. The van der Waals surface area contributed by atoms with E-state index in [2.05, 4.69) is 70.6 Å². The van der Waals surface area contributed by atoms with E-state index >= 15 is 0 Å². The predicted octanol–water partition coefficient (Wildman–Crippen LogP) is 5.20. The molecule has 0 radical (unpaired) electrons. The van der Waals surface area contributed by atoms with Gasteiger partial charge in [-0.15, -0.1) is 0 Å². The van der Waals surface area contributed by atoms with Crippen molar-refractivity contribution < 1.29 is 4.42 Å². The molecule has 1 atom stereocenters. The Morgan fingerprint density at radius 3 is 2.52 bits per heavy atom. The van der Waals surface area contributed by atoms with Crippen molar-refractivity contribution in [3.05, 3.63) is 70.1 Å². The van der Waals surface area contributed by atoms with Crippen LogP contribution in [0.3, 0.4) is 0 Å². The largest absolute Gasteiger partial charge is 0.464 e. The molecule has 3 heteroatoms. The first-order valence-corrected chi connectivity index (χ1v) is 7.95. The number of nitrogens with one attached hydrogen (secondary N) is 1.